The summed E-state index contributed by atoms with van der Waals surface area (Å²) >= 11 is 0. The average molecular weight is 465 g/mol. The molecule has 2 aromatic rings. The van der Waals surface area contributed by atoms with Gasteiger partial charge in [0.05, 0.1) is 18.7 Å². The summed E-state index contributed by atoms with van der Waals surface area (Å²) in [5.41, 5.74) is 2.07. The Morgan fingerprint density at radius 1 is 1.00 bits per heavy atom. The second kappa shape index (κ2) is 12.0. The predicted octanol–water partition coefficient (Wildman–Crippen LogP) is 2.59. The zero-order valence-corrected chi connectivity index (χ0v) is 19.7. The Hall–Kier alpha value is -2.90. The first-order valence-electron chi connectivity index (χ1n) is 12.4. The van der Waals surface area contributed by atoms with E-state index in [1.165, 1.54) is 19.3 Å². The van der Waals surface area contributed by atoms with Crippen LogP contribution in [-0.4, -0.2) is 59.3 Å². The summed E-state index contributed by atoms with van der Waals surface area (Å²) < 4.78 is 0. The lowest BCUT2D eigenvalue weighted by Gasteiger charge is -2.29. The fourth-order valence-electron chi connectivity index (χ4n) is 4.85. The van der Waals surface area contributed by atoms with Crippen molar-refractivity contribution in [1.29, 1.82) is 0 Å². The van der Waals surface area contributed by atoms with Crippen LogP contribution in [0, 0.1) is 0 Å². The van der Waals surface area contributed by atoms with Gasteiger partial charge in [0.1, 0.15) is 6.04 Å². The van der Waals surface area contributed by atoms with E-state index in [1.54, 1.807) is 4.90 Å². The van der Waals surface area contributed by atoms with Crippen LogP contribution in [0.4, 0.5) is 4.79 Å². The van der Waals surface area contributed by atoms with Gasteiger partial charge in [-0.1, -0.05) is 79.9 Å². The number of hydrogen-bond donors (Lipinski definition) is 4. The van der Waals surface area contributed by atoms with Gasteiger partial charge in [0, 0.05) is 19.1 Å². The standard InChI is InChI=1S/C27H36N4O3/c32-25(17-28-22-14-8-3-9-15-22)23(16-20-10-4-1-5-11-20)29-26(33)24-19-31(27(34)30-24)18-21-12-6-2-7-13-21/h1-2,4-7,10-13,22-25,28,32H,3,8-9,14-19H2,(H,29,33)(H,30,34)/t23-,24-,25+/m0/s1. The Kier molecular flexibility index (Phi) is 8.55. The summed E-state index contributed by atoms with van der Waals surface area (Å²) in [5, 5.41) is 20.3. The zero-order valence-electron chi connectivity index (χ0n) is 19.7. The molecule has 3 atom stereocenters. The van der Waals surface area contributed by atoms with Gasteiger partial charge in [0.15, 0.2) is 0 Å². The maximum atomic E-state index is 13.1. The highest BCUT2D eigenvalue weighted by Gasteiger charge is 2.35. The van der Waals surface area contributed by atoms with Crippen molar-refractivity contribution in [3.8, 4) is 0 Å². The Bertz CT molecular complexity index is 918. The minimum Gasteiger partial charge on any atom is -0.390 e. The number of rotatable bonds is 10. The SMILES string of the molecule is O=C(N[C@@H](Cc1ccccc1)[C@H](O)CNC1CCCCC1)[C@@H]1CN(Cc2ccccc2)C(=O)N1. The molecule has 4 N–H and O–H groups in total. The first-order chi connectivity index (χ1) is 16.6. The topological polar surface area (TPSA) is 93.7 Å². The second-order valence-electron chi connectivity index (χ2n) is 9.48. The van der Waals surface area contributed by atoms with Crippen molar-refractivity contribution in [1.82, 2.24) is 20.9 Å². The van der Waals surface area contributed by atoms with E-state index >= 15 is 0 Å². The van der Waals surface area contributed by atoms with Gasteiger partial charge in [-0.25, -0.2) is 4.79 Å². The number of carbonyl (C=O) groups is 2. The van der Waals surface area contributed by atoms with Crippen molar-refractivity contribution < 1.29 is 14.7 Å². The van der Waals surface area contributed by atoms with E-state index in [1.807, 2.05) is 60.7 Å². The Morgan fingerprint density at radius 2 is 1.65 bits per heavy atom. The summed E-state index contributed by atoms with van der Waals surface area (Å²) in [6.07, 6.45) is 5.78. The molecule has 182 valence electrons. The number of urea groups is 1. The lowest BCUT2D eigenvalue weighted by Crippen LogP contribution is -2.54. The molecule has 7 nitrogen and oxygen atoms in total. The molecule has 2 aliphatic rings. The normalized spacial score (nSPS) is 20.6. The fourth-order valence-corrected chi connectivity index (χ4v) is 4.85. The van der Waals surface area contributed by atoms with Crippen molar-refractivity contribution in [3.05, 3.63) is 71.8 Å². The molecule has 7 heteroatoms. The third-order valence-electron chi connectivity index (χ3n) is 6.83. The minimum atomic E-state index is -0.733. The maximum Gasteiger partial charge on any atom is 0.318 e. The molecule has 2 fully saturated rings. The van der Waals surface area contributed by atoms with Crippen LogP contribution in [0.1, 0.15) is 43.2 Å². The Morgan fingerprint density at radius 3 is 2.32 bits per heavy atom. The highest BCUT2D eigenvalue weighted by Crippen LogP contribution is 2.18. The highest BCUT2D eigenvalue weighted by atomic mass is 16.3. The van der Waals surface area contributed by atoms with Gasteiger partial charge in [-0.15, -0.1) is 0 Å². The van der Waals surface area contributed by atoms with Gasteiger partial charge >= 0.3 is 6.03 Å². The van der Waals surface area contributed by atoms with E-state index in [-0.39, 0.29) is 11.9 Å². The second-order valence-corrected chi connectivity index (χ2v) is 9.48. The summed E-state index contributed by atoms with van der Waals surface area (Å²) in [7, 11) is 0. The van der Waals surface area contributed by atoms with E-state index in [4.69, 9.17) is 0 Å². The van der Waals surface area contributed by atoms with Crippen molar-refractivity contribution >= 4 is 11.9 Å². The largest absolute Gasteiger partial charge is 0.390 e. The number of nitrogens with zero attached hydrogens (tertiary/aromatic N) is 1. The molecule has 1 aliphatic heterocycles. The van der Waals surface area contributed by atoms with Gasteiger partial charge in [-0.05, 0) is 30.4 Å². The molecule has 0 unspecified atom stereocenters. The number of aliphatic hydroxyl groups excluding tert-OH is 1. The molecule has 0 aromatic heterocycles. The fraction of sp³-hybridized carbons (Fsp3) is 0.481. The lowest BCUT2D eigenvalue weighted by molar-refractivity contribution is -0.124. The summed E-state index contributed by atoms with van der Waals surface area (Å²) in [6, 6.07) is 18.7. The molecule has 1 saturated heterocycles. The minimum absolute atomic E-state index is 0.247. The van der Waals surface area contributed by atoms with Crippen LogP contribution in [0.25, 0.3) is 0 Å². The van der Waals surface area contributed by atoms with Gasteiger partial charge in [0.25, 0.3) is 0 Å². The summed E-state index contributed by atoms with van der Waals surface area (Å²) in [4.78, 5) is 27.2. The average Bonchev–Trinajstić information content (AvgIpc) is 3.24. The molecular weight excluding hydrogens is 428 g/mol. The third kappa shape index (κ3) is 6.81. The highest BCUT2D eigenvalue weighted by molar-refractivity contribution is 5.90. The Labute approximate surface area is 201 Å². The van der Waals surface area contributed by atoms with E-state index in [0.29, 0.717) is 32.1 Å². The number of benzene rings is 2. The lowest BCUT2D eigenvalue weighted by atomic mass is 9.95. The summed E-state index contributed by atoms with van der Waals surface area (Å²) in [5.74, 6) is -0.262. The monoisotopic (exact) mass is 464 g/mol. The molecule has 1 saturated carbocycles. The smallest absolute Gasteiger partial charge is 0.318 e. The van der Waals surface area contributed by atoms with Gasteiger partial charge in [0.2, 0.25) is 5.91 Å². The van der Waals surface area contributed by atoms with Crippen LogP contribution in [0.3, 0.4) is 0 Å². The third-order valence-corrected chi connectivity index (χ3v) is 6.83. The molecule has 2 aromatic carbocycles. The predicted molar refractivity (Wildman–Crippen MR) is 132 cm³/mol. The molecule has 1 heterocycles. The van der Waals surface area contributed by atoms with E-state index < -0.39 is 18.2 Å². The van der Waals surface area contributed by atoms with Crippen LogP contribution in [0.2, 0.25) is 0 Å². The van der Waals surface area contributed by atoms with Crippen molar-refractivity contribution in [2.45, 2.75) is 69.3 Å². The van der Waals surface area contributed by atoms with Crippen molar-refractivity contribution in [3.63, 3.8) is 0 Å². The van der Waals surface area contributed by atoms with Crippen molar-refractivity contribution in [2.24, 2.45) is 0 Å². The number of aliphatic hydroxyl groups is 1. The first kappa shape index (κ1) is 24.2. The van der Waals surface area contributed by atoms with Crippen LogP contribution in [0.5, 0.6) is 0 Å². The number of amides is 3. The van der Waals surface area contributed by atoms with E-state index in [9.17, 15) is 14.7 Å². The van der Waals surface area contributed by atoms with Gasteiger partial charge in [-0.2, -0.15) is 0 Å². The molecule has 3 amide bonds. The van der Waals surface area contributed by atoms with E-state index in [2.05, 4.69) is 16.0 Å². The molecule has 4 rings (SSSR count). The van der Waals surface area contributed by atoms with Crippen molar-refractivity contribution in [2.75, 3.05) is 13.1 Å². The molecule has 1 aliphatic carbocycles. The van der Waals surface area contributed by atoms with Gasteiger partial charge < -0.3 is 26.0 Å². The van der Waals surface area contributed by atoms with E-state index in [0.717, 1.165) is 24.0 Å². The molecular formula is C27H36N4O3. The number of nitrogens with one attached hydrogen (secondary N) is 3. The zero-order chi connectivity index (χ0) is 23.8. The van der Waals surface area contributed by atoms with Crippen LogP contribution < -0.4 is 16.0 Å². The number of carbonyl (C=O) groups excluding carboxylic acids is 2. The maximum absolute atomic E-state index is 13.1. The molecule has 0 radical (unpaired) electrons. The molecule has 0 spiro atoms. The summed E-state index contributed by atoms with van der Waals surface area (Å²) in [6.45, 7) is 1.19. The van der Waals surface area contributed by atoms with Crippen LogP contribution in [-0.2, 0) is 17.8 Å². The Balaban J connectivity index is 1.36. The molecule has 34 heavy (non-hydrogen) atoms. The van der Waals surface area contributed by atoms with Gasteiger partial charge in [-0.3, -0.25) is 4.79 Å². The number of hydrogen-bond acceptors (Lipinski definition) is 4. The quantitative estimate of drug-likeness (QED) is 0.435. The van der Waals surface area contributed by atoms with Crippen LogP contribution >= 0.6 is 0 Å². The molecule has 0 bridgehead atoms. The first-order valence-corrected chi connectivity index (χ1v) is 12.4. The van der Waals surface area contributed by atoms with Crippen LogP contribution in [0.15, 0.2) is 60.7 Å².